The molecule has 2 aromatic rings. The van der Waals surface area contributed by atoms with Crippen LogP contribution in [0.15, 0.2) is 36.4 Å². The molecule has 2 heterocycles. The summed E-state index contributed by atoms with van der Waals surface area (Å²) >= 11 is 0. The lowest BCUT2D eigenvalue weighted by Gasteiger charge is -2.39. The van der Waals surface area contributed by atoms with Gasteiger partial charge in [0.15, 0.2) is 0 Å². The van der Waals surface area contributed by atoms with E-state index in [9.17, 15) is 9.59 Å². The molecule has 3 N–H and O–H groups in total. The zero-order valence-corrected chi connectivity index (χ0v) is 22.0. The third-order valence-corrected chi connectivity index (χ3v) is 7.51. The van der Waals surface area contributed by atoms with Crippen LogP contribution in [0.4, 0.5) is 10.5 Å². The number of aromatic nitrogens is 1. The fourth-order valence-corrected chi connectivity index (χ4v) is 5.74. The third kappa shape index (κ3) is 6.24. The van der Waals surface area contributed by atoms with Crippen LogP contribution in [0.3, 0.4) is 0 Å². The van der Waals surface area contributed by atoms with E-state index >= 15 is 0 Å². The van der Waals surface area contributed by atoms with Crippen LogP contribution < -0.4 is 20.3 Å². The molecule has 0 bridgehead atoms. The van der Waals surface area contributed by atoms with Crippen molar-refractivity contribution in [2.75, 3.05) is 18.6 Å². The van der Waals surface area contributed by atoms with Crippen molar-refractivity contribution < 1.29 is 19.4 Å². The Bertz CT molecular complexity index is 1150. The molecule has 1 saturated carbocycles. The summed E-state index contributed by atoms with van der Waals surface area (Å²) in [4.78, 5) is 31.5. The number of pyridine rings is 1. The van der Waals surface area contributed by atoms with Gasteiger partial charge in [0, 0.05) is 47.7 Å². The average molecular weight is 507 g/mol. The van der Waals surface area contributed by atoms with Crippen LogP contribution in [0.25, 0.3) is 0 Å². The lowest BCUT2D eigenvalue weighted by atomic mass is 9.89. The standard InChI is InChI=1S/C29H38N4O4/c1-4-33(22-15-13-21(14-16-22)32-29(35)36)26-12-8-11-24-23(26)10-7-5-6-9-20-17-19(2)31-28(37-3)25(20)18-30-27(24)34/h5,7-8,11-12,17,21-22,32H,4,6,9-10,13-16,18H2,1-3H3,(H,30,34)(H,35,36)/b7-5+. The summed E-state index contributed by atoms with van der Waals surface area (Å²) in [5.74, 6) is 0.459. The first kappa shape index (κ1) is 26.5. The number of anilines is 1. The summed E-state index contributed by atoms with van der Waals surface area (Å²) in [6.45, 7) is 5.28. The molecule has 1 aromatic heterocycles. The van der Waals surface area contributed by atoms with Crippen molar-refractivity contribution in [3.63, 3.8) is 0 Å². The molecule has 8 nitrogen and oxygen atoms in total. The van der Waals surface area contributed by atoms with Crippen molar-refractivity contribution in [1.29, 1.82) is 0 Å². The Labute approximate surface area is 219 Å². The predicted molar refractivity (Wildman–Crippen MR) is 145 cm³/mol. The molecule has 0 unspecified atom stereocenters. The molecule has 2 aliphatic rings. The van der Waals surface area contributed by atoms with Crippen molar-refractivity contribution in [2.24, 2.45) is 0 Å². The maximum absolute atomic E-state index is 13.5. The number of benzene rings is 1. The number of hydrogen-bond acceptors (Lipinski definition) is 5. The summed E-state index contributed by atoms with van der Waals surface area (Å²) in [6, 6.07) is 8.37. The van der Waals surface area contributed by atoms with Gasteiger partial charge in [-0.2, -0.15) is 0 Å². The van der Waals surface area contributed by atoms with E-state index in [0.717, 1.165) is 73.1 Å². The van der Waals surface area contributed by atoms with Crippen molar-refractivity contribution >= 4 is 17.7 Å². The number of nitrogens with one attached hydrogen (secondary N) is 2. The molecule has 0 saturated heterocycles. The summed E-state index contributed by atoms with van der Waals surface area (Å²) in [6.07, 6.45) is 9.29. The van der Waals surface area contributed by atoms with E-state index in [2.05, 4.69) is 51.7 Å². The maximum Gasteiger partial charge on any atom is 0.404 e. The third-order valence-electron chi connectivity index (χ3n) is 7.51. The Kier molecular flexibility index (Phi) is 8.69. The SMILES string of the molecule is CCN(c1cccc2c1C/C=C/CCc1cc(C)nc(OC)c1CNC2=O)C1CCC(NC(=O)O)CC1. The second-order valence-corrected chi connectivity index (χ2v) is 9.85. The highest BCUT2D eigenvalue weighted by molar-refractivity contribution is 5.97. The Morgan fingerprint density at radius 3 is 2.70 bits per heavy atom. The second-order valence-electron chi connectivity index (χ2n) is 9.85. The van der Waals surface area contributed by atoms with Gasteiger partial charge in [0.25, 0.3) is 5.91 Å². The number of nitrogens with zero attached hydrogens (tertiary/aromatic N) is 2. The minimum Gasteiger partial charge on any atom is -0.481 e. The van der Waals surface area contributed by atoms with Gasteiger partial charge < -0.3 is 25.4 Å². The molecule has 1 aliphatic heterocycles. The fraction of sp³-hybridized carbons (Fsp3) is 0.483. The molecule has 4 rings (SSSR count). The van der Waals surface area contributed by atoms with Crippen LogP contribution >= 0.6 is 0 Å². The van der Waals surface area contributed by atoms with Crippen LogP contribution in [-0.4, -0.2) is 47.8 Å². The second kappa shape index (κ2) is 12.1. The topological polar surface area (TPSA) is 104 Å². The zero-order valence-electron chi connectivity index (χ0n) is 22.0. The van der Waals surface area contributed by atoms with Gasteiger partial charge in [0.2, 0.25) is 5.88 Å². The molecule has 1 aliphatic carbocycles. The summed E-state index contributed by atoms with van der Waals surface area (Å²) in [5.41, 5.74) is 5.77. The Morgan fingerprint density at radius 1 is 1.22 bits per heavy atom. The average Bonchev–Trinajstić information content (AvgIpc) is 2.88. The monoisotopic (exact) mass is 506 g/mol. The Morgan fingerprint density at radius 2 is 2.00 bits per heavy atom. The van der Waals surface area contributed by atoms with E-state index in [1.54, 1.807) is 7.11 Å². The minimum atomic E-state index is -0.956. The molecule has 198 valence electrons. The smallest absolute Gasteiger partial charge is 0.404 e. The number of ether oxygens (including phenoxy) is 1. The molecule has 37 heavy (non-hydrogen) atoms. The van der Waals surface area contributed by atoms with Gasteiger partial charge in [-0.05, 0) is 88.1 Å². The Hall–Kier alpha value is -3.55. The number of hydrogen-bond donors (Lipinski definition) is 3. The quantitative estimate of drug-likeness (QED) is 0.505. The van der Waals surface area contributed by atoms with Crippen molar-refractivity contribution in [3.05, 3.63) is 64.4 Å². The van der Waals surface area contributed by atoms with Gasteiger partial charge in [-0.25, -0.2) is 9.78 Å². The lowest BCUT2D eigenvalue weighted by Crippen LogP contribution is -2.44. The van der Waals surface area contributed by atoms with Crippen LogP contribution in [-0.2, 0) is 19.4 Å². The highest BCUT2D eigenvalue weighted by atomic mass is 16.5. The normalized spacial score (nSPS) is 20.8. The van der Waals surface area contributed by atoms with E-state index in [1.807, 2.05) is 19.1 Å². The maximum atomic E-state index is 13.5. The highest BCUT2D eigenvalue weighted by Crippen LogP contribution is 2.32. The van der Waals surface area contributed by atoms with E-state index in [1.165, 1.54) is 0 Å². The van der Waals surface area contributed by atoms with E-state index in [4.69, 9.17) is 9.84 Å². The number of carbonyl (C=O) groups excluding carboxylic acids is 1. The van der Waals surface area contributed by atoms with Crippen LogP contribution in [0.1, 0.15) is 71.8 Å². The minimum absolute atomic E-state index is 0.00987. The lowest BCUT2D eigenvalue weighted by molar-refractivity contribution is 0.0949. The first-order valence-corrected chi connectivity index (χ1v) is 13.3. The van der Waals surface area contributed by atoms with Gasteiger partial charge >= 0.3 is 6.09 Å². The number of methoxy groups -OCH3 is 1. The van der Waals surface area contributed by atoms with Crippen LogP contribution in [0.5, 0.6) is 5.88 Å². The van der Waals surface area contributed by atoms with Crippen molar-refractivity contribution in [1.82, 2.24) is 15.6 Å². The molecule has 1 fully saturated rings. The molecule has 1 aromatic carbocycles. The number of carboxylic acid groups (broad SMARTS) is 1. The van der Waals surface area contributed by atoms with E-state index < -0.39 is 6.09 Å². The molecular weight excluding hydrogens is 468 g/mol. The predicted octanol–water partition coefficient (Wildman–Crippen LogP) is 4.78. The number of allylic oxidation sites excluding steroid dienone is 2. The van der Waals surface area contributed by atoms with Crippen molar-refractivity contribution in [3.8, 4) is 5.88 Å². The summed E-state index contributed by atoms with van der Waals surface area (Å²) < 4.78 is 5.56. The molecule has 0 atom stereocenters. The van der Waals surface area contributed by atoms with Gasteiger partial charge in [-0.3, -0.25) is 4.79 Å². The molecule has 0 radical (unpaired) electrons. The number of rotatable bonds is 5. The highest BCUT2D eigenvalue weighted by Gasteiger charge is 2.28. The number of amides is 2. The molecule has 8 heteroatoms. The van der Waals surface area contributed by atoms with Gasteiger partial charge in [0.05, 0.1) is 7.11 Å². The Balaban J connectivity index is 1.62. The summed E-state index contributed by atoms with van der Waals surface area (Å²) in [7, 11) is 1.62. The molecular formula is C29H38N4O4. The van der Waals surface area contributed by atoms with E-state index in [0.29, 0.717) is 30.5 Å². The van der Waals surface area contributed by atoms with Gasteiger partial charge in [0.1, 0.15) is 0 Å². The van der Waals surface area contributed by atoms with Gasteiger partial charge in [-0.1, -0.05) is 18.2 Å². The van der Waals surface area contributed by atoms with E-state index in [-0.39, 0.29) is 11.9 Å². The first-order chi connectivity index (χ1) is 17.9. The number of fused-ring (bicyclic) bond motifs is 2. The van der Waals surface area contributed by atoms with Crippen molar-refractivity contribution in [2.45, 2.75) is 77.4 Å². The van der Waals surface area contributed by atoms with Crippen LogP contribution in [0.2, 0.25) is 0 Å². The van der Waals surface area contributed by atoms with Crippen LogP contribution in [0, 0.1) is 6.92 Å². The fourth-order valence-electron chi connectivity index (χ4n) is 5.74. The molecule has 0 spiro atoms. The zero-order chi connectivity index (χ0) is 26.4. The largest absolute Gasteiger partial charge is 0.481 e. The first-order valence-electron chi connectivity index (χ1n) is 13.3. The molecule has 2 amide bonds. The number of carbonyl (C=O) groups is 2. The number of aryl methyl sites for hydroxylation is 2. The van der Waals surface area contributed by atoms with Gasteiger partial charge in [-0.15, -0.1) is 0 Å². The summed E-state index contributed by atoms with van der Waals surface area (Å²) in [5, 5.41) is 14.8.